The molecule has 0 aliphatic carbocycles. The van der Waals surface area contributed by atoms with Gasteiger partial charge in [0.25, 0.3) is 0 Å². The molecule has 0 spiro atoms. The fourth-order valence-electron chi connectivity index (χ4n) is 2.14. The molecule has 1 unspecified atom stereocenters. The van der Waals surface area contributed by atoms with Gasteiger partial charge in [-0.2, -0.15) is 0 Å². The van der Waals surface area contributed by atoms with Gasteiger partial charge in [0.1, 0.15) is 5.75 Å². The number of hydrogen-bond acceptors (Lipinski definition) is 2. The maximum Gasteiger partial charge on any atom is 0.119 e. The molecule has 0 fully saturated rings. The zero-order valence-electron chi connectivity index (χ0n) is 12.4. The van der Waals surface area contributed by atoms with Crippen molar-refractivity contribution in [3.63, 3.8) is 0 Å². The SMILES string of the molecule is CCNCCC(C)Oc1ccc(C(C)C)c(C)c1. The molecular weight excluding hydrogens is 222 g/mol. The van der Waals surface area contributed by atoms with Crippen LogP contribution in [0.1, 0.15) is 51.2 Å². The lowest BCUT2D eigenvalue weighted by Gasteiger charge is -2.17. The number of benzene rings is 1. The van der Waals surface area contributed by atoms with Crippen molar-refractivity contribution in [1.29, 1.82) is 0 Å². The van der Waals surface area contributed by atoms with Crippen molar-refractivity contribution in [2.75, 3.05) is 13.1 Å². The van der Waals surface area contributed by atoms with E-state index < -0.39 is 0 Å². The summed E-state index contributed by atoms with van der Waals surface area (Å²) in [5.74, 6) is 1.56. The molecule has 2 nitrogen and oxygen atoms in total. The Morgan fingerprint density at radius 2 is 1.94 bits per heavy atom. The molecule has 102 valence electrons. The normalized spacial score (nSPS) is 12.8. The molecule has 0 bridgehead atoms. The molecule has 0 saturated carbocycles. The van der Waals surface area contributed by atoms with E-state index in [4.69, 9.17) is 4.74 Å². The van der Waals surface area contributed by atoms with E-state index in [1.54, 1.807) is 0 Å². The summed E-state index contributed by atoms with van der Waals surface area (Å²) in [7, 11) is 0. The molecule has 0 amide bonds. The number of rotatable bonds is 7. The highest BCUT2D eigenvalue weighted by Gasteiger charge is 2.07. The standard InChI is InChI=1S/C16H27NO/c1-6-17-10-9-14(5)18-15-7-8-16(12(2)3)13(4)11-15/h7-8,11-12,14,17H,6,9-10H2,1-5H3. The molecule has 0 aliphatic heterocycles. The smallest absolute Gasteiger partial charge is 0.119 e. The van der Waals surface area contributed by atoms with Gasteiger partial charge in [-0.3, -0.25) is 0 Å². The Kier molecular flexibility index (Phi) is 6.20. The largest absolute Gasteiger partial charge is 0.491 e. The van der Waals surface area contributed by atoms with Crippen molar-refractivity contribution in [3.05, 3.63) is 29.3 Å². The molecule has 0 saturated heterocycles. The van der Waals surface area contributed by atoms with Gasteiger partial charge in [0.15, 0.2) is 0 Å². The number of nitrogens with one attached hydrogen (secondary N) is 1. The summed E-state index contributed by atoms with van der Waals surface area (Å²) < 4.78 is 5.94. The van der Waals surface area contributed by atoms with E-state index in [-0.39, 0.29) is 6.10 Å². The van der Waals surface area contributed by atoms with Crippen LogP contribution in [0.5, 0.6) is 5.75 Å². The van der Waals surface area contributed by atoms with Crippen molar-refractivity contribution in [2.24, 2.45) is 0 Å². The van der Waals surface area contributed by atoms with Crippen LogP contribution in [-0.4, -0.2) is 19.2 Å². The Morgan fingerprint density at radius 3 is 2.50 bits per heavy atom. The third kappa shape index (κ3) is 4.69. The summed E-state index contributed by atoms with van der Waals surface area (Å²) in [6.45, 7) is 12.9. The van der Waals surface area contributed by atoms with Gasteiger partial charge < -0.3 is 10.1 Å². The van der Waals surface area contributed by atoms with Crippen molar-refractivity contribution in [3.8, 4) is 5.75 Å². The number of aryl methyl sites for hydroxylation is 1. The van der Waals surface area contributed by atoms with Gasteiger partial charge in [0.2, 0.25) is 0 Å². The van der Waals surface area contributed by atoms with Crippen molar-refractivity contribution in [2.45, 2.75) is 53.1 Å². The monoisotopic (exact) mass is 249 g/mol. The van der Waals surface area contributed by atoms with Crippen LogP contribution >= 0.6 is 0 Å². The second kappa shape index (κ2) is 7.42. The third-order valence-corrected chi connectivity index (χ3v) is 3.18. The second-order valence-corrected chi connectivity index (χ2v) is 5.24. The van der Waals surface area contributed by atoms with E-state index in [0.29, 0.717) is 5.92 Å². The van der Waals surface area contributed by atoms with Crippen LogP contribution in [0.15, 0.2) is 18.2 Å². The average molecular weight is 249 g/mol. The Bertz CT molecular complexity index is 360. The van der Waals surface area contributed by atoms with E-state index >= 15 is 0 Å². The van der Waals surface area contributed by atoms with Crippen molar-refractivity contribution in [1.82, 2.24) is 5.32 Å². The fourth-order valence-corrected chi connectivity index (χ4v) is 2.14. The van der Waals surface area contributed by atoms with Gasteiger partial charge in [-0.1, -0.05) is 26.8 Å². The summed E-state index contributed by atoms with van der Waals surface area (Å²) in [6, 6.07) is 6.43. The summed E-state index contributed by atoms with van der Waals surface area (Å²) in [5, 5.41) is 3.32. The molecule has 1 aromatic rings. The number of ether oxygens (including phenoxy) is 1. The van der Waals surface area contributed by atoms with Gasteiger partial charge in [0, 0.05) is 0 Å². The highest BCUT2D eigenvalue weighted by Crippen LogP contribution is 2.24. The van der Waals surface area contributed by atoms with E-state index in [9.17, 15) is 0 Å². The topological polar surface area (TPSA) is 21.3 Å². The van der Waals surface area contributed by atoms with E-state index in [1.165, 1.54) is 11.1 Å². The minimum absolute atomic E-state index is 0.258. The minimum Gasteiger partial charge on any atom is -0.491 e. The Morgan fingerprint density at radius 1 is 1.22 bits per heavy atom. The quantitative estimate of drug-likeness (QED) is 0.740. The molecule has 1 atom stereocenters. The highest BCUT2D eigenvalue weighted by molar-refractivity contribution is 5.36. The predicted molar refractivity (Wildman–Crippen MR) is 78.5 cm³/mol. The van der Waals surface area contributed by atoms with Crippen LogP contribution in [0.4, 0.5) is 0 Å². The van der Waals surface area contributed by atoms with Gasteiger partial charge >= 0.3 is 0 Å². The Hall–Kier alpha value is -1.02. The first-order valence-corrected chi connectivity index (χ1v) is 7.02. The van der Waals surface area contributed by atoms with Crippen LogP contribution in [0, 0.1) is 6.92 Å². The molecular formula is C16H27NO. The van der Waals surface area contributed by atoms with Gasteiger partial charge in [-0.05, 0) is 62.5 Å². The van der Waals surface area contributed by atoms with Crippen LogP contribution in [-0.2, 0) is 0 Å². The van der Waals surface area contributed by atoms with Gasteiger partial charge in [0.05, 0.1) is 6.10 Å². The van der Waals surface area contributed by atoms with E-state index in [0.717, 1.165) is 25.3 Å². The minimum atomic E-state index is 0.258. The Balaban J connectivity index is 2.55. The molecule has 18 heavy (non-hydrogen) atoms. The van der Waals surface area contributed by atoms with Gasteiger partial charge in [-0.15, -0.1) is 0 Å². The third-order valence-electron chi connectivity index (χ3n) is 3.18. The van der Waals surface area contributed by atoms with Crippen molar-refractivity contribution < 1.29 is 4.74 Å². The van der Waals surface area contributed by atoms with Crippen LogP contribution in [0.25, 0.3) is 0 Å². The Labute approximate surface area is 112 Å². The predicted octanol–water partition coefficient (Wildman–Crippen LogP) is 3.89. The number of hydrogen-bond donors (Lipinski definition) is 1. The summed E-state index contributed by atoms with van der Waals surface area (Å²) in [5.41, 5.74) is 2.73. The van der Waals surface area contributed by atoms with Crippen LogP contribution in [0.3, 0.4) is 0 Å². The first kappa shape index (κ1) is 15.0. The molecule has 0 aliphatic rings. The summed E-state index contributed by atoms with van der Waals surface area (Å²) >= 11 is 0. The zero-order chi connectivity index (χ0) is 13.5. The first-order chi connectivity index (χ1) is 8.54. The second-order valence-electron chi connectivity index (χ2n) is 5.24. The molecule has 0 radical (unpaired) electrons. The summed E-state index contributed by atoms with van der Waals surface area (Å²) in [4.78, 5) is 0. The lowest BCUT2D eigenvalue weighted by atomic mass is 9.98. The molecule has 0 aromatic heterocycles. The fraction of sp³-hybridized carbons (Fsp3) is 0.625. The molecule has 1 N–H and O–H groups in total. The van der Waals surface area contributed by atoms with Crippen LogP contribution < -0.4 is 10.1 Å². The zero-order valence-corrected chi connectivity index (χ0v) is 12.4. The van der Waals surface area contributed by atoms with Gasteiger partial charge in [-0.25, -0.2) is 0 Å². The molecule has 1 aromatic carbocycles. The van der Waals surface area contributed by atoms with E-state index in [1.807, 2.05) is 0 Å². The molecule has 2 heteroatoms. The molecule has 0 heterocycles. The first-order valence-electron chi connectivity index (χ1n) is 7.02. The summed E-state index contributed by atoms with van der Waals surface area (Å²) in [6.07, 6.45) is 1.30. The van der Waals surface area contributed by atoms with E-state index in [2.05, 4.69) is 58.1 Å². The van der Waals surface area contributed by atoms with Crippen LogP contribution in [0.2, 0.25) is 0 Å². The lowest BCUT2D eigenvalue weighted by molar-refractivity contribution is 0.210. The van der Waals surface area contributed by atoms with Crippen molar-refractivity contribution >= 4 is 0 Å². The maximum absolute atomic E-state index is 5.94. The highest BCUT2D eigenvalue weighted by atomic mass is 16.5. The average Bonchev–Trinajstić information content (AvgIpc) is 2.28. The lowest BCUT2D eigenvalue weighted by Crippen LogP contribution is -2.22. The molecule has 1 rings (SSSR count). The maximum atomic E-state index is 5.94.